The Labute approximate surface area is 180 Å². The largest absolute Gasteiger partial charge is 0.465 e. The first-order valence-corrected chi connectivity index (χ1v) is 11.0. The van der Waals surface area contributed by atoms with Crippen molar-refractivity contribution in [2.75, 3.05) is 6.61 Å². The van der Waals surface area contributed by atoms with Crippen LogP contribution in [0.3, 0.4) is 0 Å². The molecular formula is C23H20N2O5S. The summed E-state index contributed by atoms with van der Waals surface area (Å²) in [4.78, 5) is 25.1. The number of rotatable bonds is 7. The van der Waals surface area contributed by atoms with E-state index in [1.807, 2.05) is 22.9 Å². The average molecular weight is 436 g/mol. The summed E-state index contributed by atoms with van der Waals surface area (Å²) >= 11 is 0. The van der Waals surface area contributed by atoms with E-state index in [1.165, 1.54) is 12.1 Å². The maximum Gasteiger partial charge on any atom is 0.318 e. The molecule has 0 spiro atoms. The van der Waals surface area contributed by atoms with Gasteiger partial charge in [0, 0.05) is 0 Å². The van der Waals surface area contributed by atoms with E-state index in [4.69, 9.17) is 10.00 Å². The molecule has 1 amide bonds. The zero-order chi connectivity index (χ0) is 22.4. The van der Waals surface area contributed by atoms with Crippen molar-refractivity contribution in [2.24, 2.45) is 5.92 Å². The second-order valence-electron chi connectivity index (χ2n) is 6.80. The van der Waals surface area contributed by atoms with Crippen LogP contribution in [0.25, 0.3) is 10.8 Å². The molecule has 0 aliphatic heterocycles. The Morgan fingerprint density at radius 2 is 1.71 bits per heavy atom. The fourth-order valence-electron chi connectivity index (χ4n) is 3.07. The third kappa shape index (κ3) is 5.27. The molecule has 0 saturated heterocycles. The third-order valence-electron chi connectivity index (χ3n) is 4.68. The van der Waals surface area contributed by atoms with Gasteiger partial charge in [0.2, 0.25) is 5.91 Å². The molecule has 7 nitrogen and oxygen atoms in total. The van der Waals surface area contributed by atoms with E-state index in [0.29, 0.717) is 16.5 Å². The van der Waals surface area contributed by atoms with Crippen LogP contribution in [0.5, 0.6) is 0 Å². The molecule has 3 aromatic carbocycles. The molecule has 8 heteroatoms. The number of carbonyl (C=O) groups excluding carboxylic acids is 2. The van der Waals surface area contributed by atoms with Gasteiger partial charge in [-0.15, -0.1) is 0 Å². The van der Waals surface area contributed by atoms with Gasteiger partial charge < -0.3 is 4.74 Å². The van der Waals surface area contributed by atoms with Crippen molar-refractivity contribution >= 4 is 32.7 Å². The van der Waals surface area contributed by atoms with Crippen molar-refractivity contribution in [3.05, 3.63) is 77.9 Å². The van der Waals surface area contributed by atoms with Crippen molar-refractivity contribution in [2.45, 2.75) is 18.2 Å². The van der Waals surface area contributed by atoms with E-state index in [1.54, 1.807) is 49.4 Å². The molecule has 0 bridgehead atoms. The molecule has 0 heterocycles. The fourth-order valence-corrected chi connectivity index (χ4v) is 4.13. The predicted octanol–water partition coefficient (Wildman–Crippen LogP) is 2.94. The molecule has 1 atom stereocenters. The summed E-state index contributed by atoms with van der Waals surface area (Å²) in [5, 5.41) is 10.5. The predicted molar refractivity (Wildman–Crippen MR) is 114 cm³/mol. The Bertz CT molecular complexity index is 1260. The number of nitrogens with one attached hydrogen (secondary N) is 1. The van der Waals surface area contributed by atoms with Crippen LogP contribution in [0.2, 0.25) is 0 Å². The molecule has 158 valence electrons. The monoisotopic (exact) mass is 436 g/mol. The van der Waals surface area contributed by atoms with Crippen molar-refractivity contribution in [1.82, 2.24) is 4.72 Å². The molecular weight excluding hydrogens is 416 g/mol. The van der Waals surface area contributed by atoms with Crippen molar-refractivity contribution in [1.29, 1.82) is 5.26 Å². The number of ether oxygens (including phenoxy) is 1. The summed E-state index contributed by atoms with van der Waals surface area (Å²) in [5.74, 6) is -3.16. The van der Waals surface area contributed by atoms with Gasteiger partial charge in [-0.1, -0.05) is 42.5 Å². The van der Waals surface area contributed by atoms with Crippen LogP contribution in [0.4, 0.5) is 0 Å². The zero-order valence-corrected chi connectivity index (χ0v) is 17.6. The normalized spacial score (nSPS) is 12.0. The maximum atomic E-state index is 12.8. The smallest absolute Gasteiger partial charge is 0.318 e. The SMILES string of the molecule is CCOC(=O)C(Cc1ccc(C#N)cc1)C(=O)NS(=O)(=O)c1ccc2ccccc2c1. The second kappa shape index (κ2) is 9.41. The number of benzene rings is 3. The van der Waals surface area contributed by atoms with E-state index >= 15 is 0 Å². The zero-order valence-electron chi connectivity index (χ0n) is 16.7. The van der Waals surface area contributed by atoms with Crippen molar-refractivity contribution in [3.8, 4) is 6.07 Å². The summed E-state index contributed by atoms with van der Waals surface area (Å²) in [7, 11) is -4.20. The molecule has 0 radical (unpaired) electrons. The van der Waals surface area contributed by atoms with Gasteiger partial charge in [-0.25, -0.2) is 13.1 Å². The van der Waals surface area contributed by atoms with E-state index in [0.717, 1.165) is 5.39 Å². The summed E-state index contributed by atoms with van der Waals surface area (Å²) in [6.45, 7) is 1.65. The Morgan fingerprint density at radius 1 is 1.03 bits per heavy atom. The van der Waals surface area contributed by atoms with E-state index < -0.39 is 27.8 Å². The minimum atomic E-state index is -4.20. The minimum absolute atomic E-state index is 0.0490. The lowest BCUT2D eigenvalue weighted by Crippen LogP contribution is -2.40. The molecule has 1 N–H and O–H groups in total. The number of hydrogen-bond acceptors (Lipinski definition) is 6. The first-order chi connectivity index (χ1) is 14.8. The van der Waals surface area contributed by atoms with E-state index in [9.17, 15) is 18.0 Å². The summed E-state index contributed by atoms with van der Waals surface area (Å²) in [5.41, 5.74) is 1.02. The van der Waals surface area contributed by atoms with Crippen LogP contribution in [-0.4, -0.2) is 26.9 Å². The van der Waals surface area contributed by atoms with Gasteiger partial charge in [0.05, 0.1) is 23.1 Å². The van der Waals surface area contributed by atoms with Gasteiger partial charge in [-0.05, 0) is 53.9 Å². The number of nitriles is 1. The molecule has 3 rings (SSSR count). The molecule has 0 aliphatic carbocycles. The number of nitrogens with zero attached hydrogens (tertiary/aromatic N) is 1. The number of fused-ring (bicyclic) bond motifs is 1. The third-order valence-corrected chi connectivity index (χ3v) is 6.02. The molecule has 1 unspecified atom stereocenters. The molecule has 0 fully saturated rings. The number of amides is 1. The fraction of sp³-hybridized carbons (Fsp3) is 0.174. The Balaban J connectivity index is 1.85. The highest BCUT2D eigenvalue weighted by Crippen LogP contribution is 2.20. The van der Waals surface area contributed by atoms with Crippen LogP contribution in [0, 0.1) is 17.2 Å². The standard InChI is InChI=1S/C23H20N2O5S/c1-2-30-23(27)21(13-16-7-9-17(15-24)10-8-16)22(26)25-31(28,29)20-12-11-18-5-3-4-6-19(18)14-20/h3-12,14,21H,2,13H2,1H3,(H,25,26). The van der Waals surface area contributed by atoms with E-state index in [-0.39, 0.29) is 17.9 Å². The first-order valence-electron chi connectivity index (χ1n) is 9.55. The average Bonchev–Trinajstić information content (AvgIpc) is 2.77. The minimum Gasteiger partial charge on any atom is -0.465 e. The Morgan fingerprint density at radius 3 is 2.35 bits per heavy atom. The number of sulfonamides is 1. The molecule has 31 heavy (non-hydrogen) atoms. The maximum absolute atomic E-state index is 12.8. The van der Waals surface area contributed by atoms with Gasteiger partial charge in [-0.3, -0.25) is 9.59 Å². The van der Waals surface area contributed by atoms with Gasteiger partial charge in [0.1, 0.15) is 5.92 Å². The van der Waals surface area contributed by atoms with Gasteiger partial charge >= 0.3 is 5.97 Å². The topological polar surface area (TPSA) is 113 Å². The summed E-state index contributed by atoms with van der Waals surface area (Å²) in [6, 6.07) is 20.1. The van der Waals surface area contributed by atoms with Gasteiger partial charge in [0.25, 0.3) is 10.0 Å². The lowest BCUT2D eigenvalue weighted by molar-refractivity contribution is -0.151. The lowest BCUT2D eigenvalue weighted by Gasteiger charge is -2.16. The van der Waals surface area contributed by atoms with Crippen LogP contribution in [-0.2, 0) is 30.8 Å². The van der Waals surface area contributed by atoms with Crippen LogP contribution >= 0.6 is 0 Å². The van der Waals surface area contributed by atoms with Gasteiger partial charge in [-0.2, -0.15) is 5.26 Å². The molecule has 0 aromatic heterocycles. The number of hydrogen-bond donors (Lipinski definition) is 1. The number of carbonyl (C=O) groups is 2. The highest BCUT2D eigenvalue weighted by Gasteiger charge is 2.31. The van der Waals surface area contributed by atoms with Crippen LogP contribution in [0.1, 0.15) is 18.1 Å². The Hall–Kier alpha value is -3.70. The highest BCUT2D eigenvalue weighted by atomic mass is 32.2. The quantitative estimate of drug-likeness (QED) is 0.450. The van der Waals surface area contributed by atoms with Crippen LogP contribution < -0.4 is 4.72 Å². The highest BCUT2D eigenvalue weighted by molar-refractivity contribution is 7.90. The van der Waals surface area contributed by atoms with E-state index in [2.05, 4.69) is 0 Å². The molecule has 3 aromatic rings. The first kappa shape index (κ1) is 22.0. The molecule has 0 saturated carbocycles. The lowest BCUT2D eigenvalue weighted by atomic mass is 9.98. The summed E-state index contributed by atoms with van der Waals surface area (Å²) < 4.78 is 32.5. The number of esters is 1. The second-order valence-corrected chi connectivity index (χ2v) is 8.48. The van der Waals surface area contributed by atoms with Crippen molar-refractivity contribution in [3.63, 3.8) is 0 Å². The summed E-state index contributed by atoms with van der Waals surface area (Å²) in [6.07, 6.45) is -0.0659. The van der Waals surface area contributed by atoms with Crippen LogP contribution in [0.15, 0.2) is 71.6 Å². The van der Waals surface area contributed by atoms with Crippen molar-refractivity contribution < 1.29 is 22.7 Å². The molecule has 0 aliphatic rings. The Kier molecular flexibility index (Phi) is 6.68. The van der Waals surface area contributed by atoms with Gasteiger partial charge in [0.15, 0.2) is 0 Å².